The van der Waals surface area contributed by atoms with Crippen LogP contribution in [0.25, 0.3) is 0 Å². The topological polar surface area (TPSA) is 82.8 Å². The third-order valence-electron chi connectivity index (χ3n) is 7.02. The van der Waals surface area contributed by atoms with E-state index in [0.717, 1.165) is 37.1 Å². The monoisotopic (exact) mass is 561 g/mol. The minimum atomic E-state index is -4.80. The van der Waals surface area contributed by atoms with E-state index in [1.807, 2.05) is 22.4 Å². The molecule has 8 nitrogen and oxygen atoms in total. The lowest BCUT2D eigenvalue weighted by atomic mass is 10.1. The van der Waals surface area contributed by atoms with E-state index in [9.17, 15) is 22.8 Å². The molecule has 1 amide bonds. The number of rotatable bonds is 7. The number of Topliss-reactive ketones (excluding diaryl/α,β-unsaturated/α-hetero) is 1. The minimum Gasteiger partial charge on any atom is -0.420 e. The Morgan fingerprint density at radius 2 is 1.72 bits per heavy atom. The highest BCUT2D eigenvalue weighted by Gasteiger charge is 2.41. The van der Waals surface area contributed by atoms with E-state index in [4.69, 9.17) is 4.42 Å². The summed E-state index contributed by atoms with van der Waals surface area (Å²) < 4.78 is 46.4. The Balaban J connectivity index is 1.22. The highest BCUT2D eigenvalue weighted by Crippen LogP contribution is 2.35. The Kier molecular flexibility index (Phi) is 8.20. The van der Waals surface area contributed by atoms with Crippen LogP contribution in [0.3, 0.4) is 0 Å². The number of hydrogen-bond acceptors (Lipinski definition) is 8. The summed E-state index contributed by atoms with van der Waals surface area (Å²) in [6.07, 6.45) is 0.306. The second-order valence-electron chi connectivity index (χ2n) is 9.82. The Labute approximate surface area is 228 Å². The number of carbonyl (C=O) groups is 2. The summed E-state index contributed by atoms with van der Waals surface area (Å²) in [4.78, 5) is 40.4. The molecule has 208 valence electrons. The molecule has 39 heavy (non-hydrogen) atoms. The summed E-state index contributed by atoms with van der Waals surface area (Å²) in [5.74, 6) is -0.744. The van der Waals surface area contributed by atoms with Gasteiger partial charge in [-0.2, -0.15) is 18.2 Å². The van der Waals surface area contributed by atoms with Crippen molar-refractivity contribution in [3.63, 3.8) is 0 Å². The summed E-state index contributed by atoms with van der Waals surface area (Å²) in [5.41, 5.74) is -0.796. The highest BCUT2D eigenvalue weighted by atomic mass is 32.1. The quantitative estimate of drug-likeness (QED) is 0.382. The zero-order valence-electron chi connectivity index (χ0n) is 21.5. The molecule has 0 saturated carbocycles. The van der Waals surface area contributed by atoms with Gasteiger partial charge in [0.25, 0.3) is 6.01 Å². The molecule has 5 heterocycles. The number of hydrogen-bond donors (Lipinski definition) is 0. The SMILES string of the molecule is O=C(Cc1ccc(N2CCCN(C(=O)Cc3cccs3)CC2)nc1)c1oc(N2CCCCC2)nc1C(F)(F)F. The third kappa shape index (κ3) is 6.60. The second-order valence-corrected chi connectivity index (χ2v) is 10.9. The molecule has 0 spiro atoms. The molecule has 2 aliphatic heterocycles. The first kappa shape index (κ1) is 27.2. The maximum atomic E-state index is 13.7. The van der Waals surface area contributed by atoms with E-state index < -0.39 is 23.4 Å². The fraction of sp³-hybridized carbons (Fsp3) is 0.481. The number of nitrogens with zero attached hydrogens (tertiary/aromatic N) is 5. The molecule has 0 bridgehead atoms. The Hall–Kier alpha value is -3.41. The molecule has 0 N–H and O–H groups in total. The van der Waals surface area contributed by atoms with Gasteiger partial charge in [-0.25, -0.2) is 4.98 Å². The normalized spacial score (nSPS) is 16.8. The van der Waals surface area contributed by atoms with Crippen LogP contribution in [-0.2, 0) is 23.8 Å². The zero-order chi connectivity index (χ0) is 27.4. The van der Waals surface area contributed by atoms with Crippen LogP contribution in [0.1, 0.15) is 52.4 Å². The van der Waals surface area contributed by atoms with Crippen LogP contribution in [0.2, 0.25) is 0 Å². The molecular formula is C27H30F3N5O3S. The van der Waals surface area contributed by atoms with Crippen molar-refractivity contribution in [3.05, 3.63) is 57.7 Å². The number of pyridine rings is 1. The molecule has 0 atom stereocenters. The smallest absolute Gasteiger partial charge is 0.420 e. The lowest BCUT2D eigenvalue weighted by Crippen LogP contribution is -2.36. The van der Waals surface area contributed by atoms with Crippen molar-refractivity contribution < 1.29 is 27.2 Å². The summed E-state index contributed by atoms with van der Waals surface area (Å²) in [5, 5.41) is 1.96. The average Bonchev–Trinajstić information content (AvgIpc) is 3.55. The molecule has 0 aromatic carbocycles. The number of piperidine rings is 1. The Morgan fingerprint density at radius 3 is 2.41 bits per heavy atom. The van der Waals surface area contributed by atoms with Gasteiger partial charge in [-0.05, 0) is 48.8 Å². The van der Waals surface area contributed by atoms with E-state index in [2.05, 4.69) is 14.9 Å². The van der Waals surface area contributed by atoms with Crippen molar-refractivity contribution in [1.29, 1.82) is 0 Å². The summed E-state index contributed by atoms with van der Waals surface area (Å²) >= 11 is 1.57. The lowest BCUT2D eigenvalue weighted by Gasteiger charge is -2.24. The largest absolute Gasteiger partial charge is 0.437 e. The van der Waals surface area contributed by atoms with Gasteiger partial charge in [-0.15, -0.1) is 11.3 Å². The van der Waals surface area contributed by atoms with E-state index in [0.29, 0.717) is 50.5 Å². The third-order valence-corrected chi connectivity index (χ3v) is 7.89. The van der Waals surface area contributed by atoms with Crippen LogP contribution in [-0.4, -0.2) is 65.8 Å². The van der Waals surface area contributed by atoms with Crippen LogP contribution >= 0.6 is 11.3 Å². The van der Waals surface area contributed by atoms with Gasteiger partial charge in [-0.1, -0.05) is 12.1 Å². The van der Waals surface area contributed by atoms with Crippen molar-refractivity contribution in [1.82, 2.24) is 14.9 Å². The van der Waals surface area contributed by atoms with Crippen molar-refractivity contribution in [2.24, 2.45) is 0 Å². The van der Waals surface area contributed by atoms with Gasteiger partial charge >= 0.3 is 6.18 Å². The predicted molar refractivity (Wildman–Crippen MR) is 141 cm³/mol. The number of ketones is 1. The van der Waals surface area contributed by atoms with E-state index in [1.54, 1.807) is 28.4 Å². The molecule has 0 radical (unpaired) electrons. The number of halogens is 3. The first-order valence-corrected chi connectivity index (χ1v) is 14.0. The van der Waals surface area contributed by atoms with Crippen LogP contribution < -0.4 is 9.80 Å². The Bertz CT molecular complexity index is 1270. The number of amides is 1. The maximum absolute atomic E-state index is 13.7. The maximum Gasteiger partial charge on any atom is 0.437 e. The molecule has 3 aromatic heterocycles. The van der Waals surface area contributed by atoms with Crippen LogP contribution in [0, 0.1) is 0 Å². The second kappa shape index (κ2) is 11.8. The van der Waals surface area contributed by atoms with E-state index in [-0.39, 0.29) is 18.3 Å². The predicted octanol–water partition coefficient (Wildman–Crippen LogP) is 4.85. The van der Waals surface area contributed by atoms with Gasteiger partial charge in [0.1, 0.15) is 5.82 Å². The van der Waals surface area contributed by atoms with Crippen molar-refractivity contribution >= 4 is 34.9 Å². The molecule has 0 aliphatic carbocycles. The van der Waals surface area contributed by atoms with Gasteiger partial charge in [0.2, 0.25) is 17.5 Å². The molecule has 2 saturated heterocycles. The van der Waals surface area contributed by atoms with Gasteiger partial charge < -0.3 is 19.1 Å². The number of anilines is 2. The first-order valence-electron chi connectivity index (χ1n) is 13.1. The van der Waals surface area contributed by atoms with Crippen molar-refractivity contribution in [3.8, 4) is 0 Å². The number of alkyl halides is 3. The summed E-state index contributed by atoms with van der Waals surface area (Å²) in [6.45, 7) is 3.69. The van der Waals surface area contributed by atoms with Gasteiger partial charge in [0, 0.05) is 56.8 Å². The molecule has 2 aliphatic rings. The fourth-order valence-electron chi connectivity index (χ4n) is 4.95. The zero-order valence-corrected chi connectivity index (χ0v) is 22.3. The van der Waals surface area contributed by atoms with Gasteiger partial charge in [0.05, 0.1) is 6.42 Å². The molecular weight excluding hydrogens is 531 g/mol. The van der Waals surface area contributed by atoms with Crippen molar-refractivity contribution in [2.45, 2.75) is 44.7 Å². The summed E-state index contributed by atoms with van der Waals surface area (Å²) in [6, 6.07) is 7.20. The lowest BCUT2D eigenvalue weighted by molar-refractivity contribution is -0.141. The van der Waals surface area contributed by atoms with E-state index in [1.165, 1.54) is 6.20 Å². The Morgan fingerprint density at radius 1 is 0.923 bits per heavy atom. The molecule has 2 fully saturated rings. The van der Waals surface area contributed by atoms with Crippen LogP contribution in [0.15, 0.2) is 40.3 Å². The number of carbonyl (C=O) groups excluding carboxylic acids is 2. The standard InChI is InChI=1S/C27H30F3N5O3S/c28-27(29,30)25-24(38-26(32-25)35-9-2-1-3-10-35)21(36)16-19-7-8-22(31-18-19)33-11-5-12-34(14-13-33)23(37)17-20-6-4-15-39-20/h4,6-8,15,18H,1-3,5,9-14,16-17H2. The fourth-order valence-corrected chi connectivity index (χ4v) is 5.65. The minimum absolute atomic E-state index is 0.107. The summed E-state index contributed by atoms with van der Waals surface area (Å²) in [7, 11) is 0. The van der Waals surface area contributed by atoms with Crippen LogP contribution in [0.5, 0.6) is 0 Å². The van der Waals surface area contributed by atoms with E-state index >= 15 is 0 Å². The molecule has 5 rings (SSSR count). The highest BCUT2D eigenvalue weighted by molar-refractivity contribution is 7.10. The number of aromatic nitrogens is 2. The number of oxazole rings is 1. The van der Waals surface area contributed by atoms with Crippen molar-refractivity contribution in [2.75, 3.05) is 49.1 Å². The van der Waals surface area contributed by atoms with Gasteiger partial charge in [0.15, 0.2) is 5.69 Å². The number of thiophene rings is 1. The molecule has 12 heteroatoms. The molecule has 0 unspecified atom stereocenters. The molecule has 3 aromatic rings. The van der Waals surface area contributed by atoms with Crippen LogP contribution in [0.4, 0.5) is 25.0 Å². The average molecular weight is 562 g/mol. The first-order chi connectivity index (χ1) is 18.8. The van der Waals surface area contributed by atoms with Gasteiger partial charge in [-0.3, -0.25) is 9.59 Å².